The predicted molar refractivity (Wildman–Crippen MR) is 78.3 cm³/mol. The highest BCUT2D eigenvalue weighted by atomic mass is 19.1. The summed E-state index contributed by atoms with van der Waals surface area (Å²) < 4.78 is 19.3. The van der Waals surface area contributed by atoms with E-state index in [1.807, 2.05) is 24.3 Å². The number of nitriles is 1. The van der Waals surface area contributed by atoms with Crippen LogP contribution in [0.15, 0.2) is 36.4 Å². The molecule has 0 bridgehead atoms. The quantitative estimate of drug-likeness (QED) is 0.921. The van der Waals surface area contributed by atoms with Gasteiger partial charge in [0.05, 0.1) is 11.6 Å². The lowest BCUT2D eigenvalue weighted by Gasteiger charge is -2.27. The summed E-state index contributed by atoms with van der Waals surface area (Å²) in [4.78, 5) is 0. The summed E-state index contributed by atoms with van der Waals surface area (Å²) >= 11 is 0. The number of para-hydroxylation sites is 1. The number of ether oxygens (including phenoxy) is 1. The van der Waals surface area contributed by atoms with Gasteiger partial charge in [-0.2, -0.15) is 5.26 Å². The summed E-state index contributed by atoms with van der Waals surface area (Å²) in [6.45, 7) is 0.461. The molecule has 0 spiro atoms. The predicted octanol–water partition coefficient (Wildman–Crippen LogP) is 3.02. The molecule has 21 heavy (non-hydrogen) atoms. The maximum absolute atomic E-state index is 13.3. The average molecular weight is 282 g/mol. The van der Waals surface area contributed by atoms with Gasteiger partial charge in [0.15, 0.2) is 0 Å². The van der Waals surface area contributed by atoms with E-state index in [2.05, 4.69) is 0 Å². The molecule has 0 radical (unpaired) electrons. The summed E-state index contributed by atoms with van der Waals surface area (Å²) in [5.41, 5.74) is 8.62. The minimum atomic E-state index is -0.416. The zero-order chi connectivity index (χ0) is 14.8. The fourth-order valence-electron chi connectivity index (χ4n) is 2.68. The molecule has 2 aromatic carbocycles. The number of halogens is 1. The van der Waals surface area contributed by atoms with Crippen molar-refractivity contribution in [2.45, 2.75) is 18.9 Å². The van der Waals surface area contributed by atoms with Gasteiger partial charge in [0.2, 0.25) is 0 Å². The van der Waals surface area contributed by atoms with E-state index in [1.54, 1.807) is 6.07 Å². The molecule has 3 nitrogen and oxygen atoms in total. The number of nitrogens with two attached hydrogens (primary N) is 1. The van der Waals surface area contributed by atoms with Gasteiger partial charge in [0, 0.05) is 17.7 Å². The van der Waals surface area contributed by atoms with Gasteiger partial charge in [-0.25, -0.2) is 4.39 Å². The van der Waals surface area contributed by atoms with Crippen LogP contribution in [0, 0.1) is 17.1 Å². The Morgan fingerprint density at radius 2 is 2.14 bits per heavy atom. The third-order valence-electron chi connectivity index (χ3n) is 3.77. The first kappa shape index (κ1) is 13.6. The van der Waals surface area contributed by atoms with Crippen molar-refractivity contribution in [3.63, 3.8) is 0 Å². The molecule has 1 atom stereocenters. The number of hydrogen-bond acceptors (Lipinski definition) is 3. The molecule has 0 aromatic heterocycles. The first-order chi connectivity index (χ1) is 10.2. The van der Waals surface area contributed by atoms with E-state index in [4.69, 9.17) is 10.5 Å². The number of nitrogens with zero attached hydrogens (tertiary/aromatic N) is 1. The lowest BCUT2D eigenvalue weighted by Crippen LogP contribution is -2.30. The third-order valence-corrected chi connectivity index (χ3v) is 3.77. The van der Waals surface area contributed by atoms with Crippen molar-refractivity contribution in [3.8, 4) is 22.9 Å². The molecule has 0 amide bonds. The zero-order valence-corrected chi connectivity index (χ0v) is 11.5. The second-order valence-corrected chi connectivity index (χ2v) is 5.11. The first-order valence-corrected chi connectivity index (χ1v) is 6.91. The van der Waals surface area contributed by atoms with Crippen molar-refractivity contribution in [1.82, 2.24) is 0 Å². The van der Waals surface area contributed by atoms with Crippen molar-refractivity contribution in [2.24, 2.45) is 5.73 Å². The summed E-state index contributed by atoms with van der Waals surface area (Å²) in [5.74, 6) is 0.350. The molecular formula is C17H15FN2O. The Morgan fingerprint density at radius 3 is 2.90 bits per heavy atom. The summed E-state index contributed by atoms with van der Waals surface area (Å²) in [6.07, 6.45) is 1.78. The van der Waals surface area contributed by atoms with Gasteiger partial charge in [-0.3, -0.25) is 0 Å². The van der Waals surface area contributed by atoms with Gasteiger partial charge in [-0.05, 0) is 30.5 Å². The first-order valence-electron chi connectivity index (χ1n) is 6.91. The van der Waals surface area contributed by atoms with Gasteiger partial charge in [-0.15, -0.1) is 0 Å². The van der Waals surface area contributed by atoms with Crippen LogP contribution >= 0.6 is 0 Å². The highest BCUT2D eigenvalue weighted by Crippen LogP contribution is 2.38. The van der Waals surface area contributed by atoms with E-state index < -0.39 is 5.82 Å². The molecule has 4 heteroatoms. The van der Waals surface area contributed by atoms with Crippen LogP contribution in [-0.4, -0.2) is 12.6 Å². The maximum atomic E-state index is 13.3. The molecule has 0 aliphatic carbocycles. The SMILES string of the molecule is N#Cc1cc(F)ccc1-c1cccc2c1O[C@@H](CN)CC2. The van der Waals surface area contributed by atoms with E-state index >= 15 is 0 Å². The van der Waals surface area contributed by atoms with E-state index in [0.717, 1.165) is 29.7 Å². The van der Waals surface area contributed by atoms with Crippen molar-refractivity contribution in [1.29, 1.82) is 5.26 Å². The largest absolute Gasteiger partial charge is 0.488 e. The Kier molecular flexibility index (Phi) is 3.59. The van der Waals surface area contributed by atoms with E-state index in [0.29, 0.717) is 17.7 Å². The van der Waals surface area contributed by atoms with Crippen LogP contribution < -0.4 is 10.5 Å². The Balaban J connectivity index is 2.14. The van der Waals surface area contributed by atoms with Crippen LogP contribution in [0.2, 0.25) is 0 Å². The normalized spacial score (nSPS) is 16.7. The molecule has 3 rings (SSSR count). The molecule has 2 N–H and O–H groups in total. The topological polar surface area (TPSA) is 59.0 Å². The minimum absolute atomic E-state index is 0.00960. The molecular weight excluding hydrogens is 267 g/mol. The second kappa shape index (κ2) is 5.55. The zero-order valence-electron chi connectivity index (χ0n) is 11.5. The molecule has 106 valence electrons. The number of rotatable bonds is 2. The summed E-state index contributed by atoms with van der Waals surface area (Å²) in [6, 6.07) is 12.1. The molecule has 1 aliphatic heterocycles. The molecule has 0 saturated carbocycles. The van der Waals surface area contributed by atoms with Gasteiger partial charge in [-0.1, -0.05) is 24.3 Å². The fraction of sp³-hybridized carbons (Fsp3) is 0.235. The van der Waals surface area contributed by atoms with E-state index in [9.17, 15) is 9.65 Å². The molecule has 0 unspecified atom stereocenters. The monoisotopic (exact) mass is 282 g/mol. The minimum Gasteiger partial charge on any atom is -0.488 e. The van der Waals surface area contributed by atoms with Crippen LogP contribution in [0.4, 0.5) is 4.39 Å². The van der Waals surface area contributed by atoms with Crippen LogP contribution in [0.1, 0.15) is 17.5 Å². The Morgan fingerprint density at radius 1 is 1.29 bits per heavy atom. The fourth-order valence-corrected chi connectivity index (χ4v) is 2.68. The van der Waals surface area contributed by atoms with Gasteiger partial charge in [0.1, 0.15) is 17.7 Å². The molecule has 2 aromatic rings. The summed E-state index contributed by atoms with van der Waals surface area (Å²) in [5, 5.41) is 9.23. The van der Waals surface area contributed by atoms with Crippen molar-refractivity contribution >= 4 is 0 Å². The van der Waals surface area contributed by atoms with E-state index in [1.165, 1.54) is 12.1 Å². The Hall–Kier alpha value is -2.38. The smallest absolute Gasteiger partial charge is 0.130 e. The van der Waals surface area contributed by atoms with Crippen molar-refractivity contribution < 1.29 is 9.13 Å². The molecule has 1 aliphatic rings. The Bertz CT molecular complexity index is 721. The van der Waals surface area contributed by atoms with Crippen LogP contribution in [0.5, 0.6) is 5.75 Å². The summed E-state index contributed by atoms with van der Waals surface area (Å²) in [7, 11) is 0. The number of hydrogen-bond donors (Lipinski definition) is 1. The standard InChI is InChI=1S/C17H15FN2O/c18-13-5-7-15(12(8-13)9-19)16-3-1-2-11-4-6-14(10-20)21-17(11)16/h1-3,5,7-8,14H,4,6,10,20H2/t14-/m1/s1. The van der Waals surface area contributed by atoms with Crippen molar-refractivity contribution in [3.05, 3.63) is 53.3 Å². The Labute approximate surface area is 122 Å². The molecule has 0 fully saturated rings. The average Bonchev–Trinajstić information content (AvgIpc) is 2.53. The van der Waals surface area contributed by atoms with E-state index in [-0.39, 0.29) is 6.10 Å². The van der Waals surface area contributed by atoms with Gasteiger partial charge in [0.25, 0.3) is 0 Å². The lowest BCUT2D eigenvalue weighted by atomic mass is 9.93. The van der Waals surface area contributed by atoms with Crippen molar-refractivity contribution in [2.75, 3.05) is 6.54 Å². The third kappa shape index (κ3) is 2.48. The van der Waals surface area contributed by atoms with Gasteiger partial charge < -0.3 is 10.5 Å². The number of fused-ring (bicyclic) bond motifs is 1. The highest BCUT2D eigenvalue weighted by Gasteiger charge is 2.22. The number of aryl methyl sites for hydroxylation is 1. The molecule has 0 saturated heterocycles. The number of benzene rings is 2. The van der Waals surface area contributed by atoms with Crippen LogP contribution in [0.3, 0.4) is 0 Å². The van der Waals surface area contributed by atoms with Gasteiger partial charge >= 0.3 is 0 Å². The molecule has 1 heterocycles. The maximum Gasteiger partial charge on any atom is 0.130 e. The van der Waals surface area contributed by atoms with Crippen LogP contribution in [-0.2, 0) is 6.42 Å². The second-order valence-electron chi connectivity index (χ2n) is 5.11. The highest BCUT2D eigenvalue weighted by molar-refractivity contribution is 5.77. The lowest BCUT2D eigenvalue weighted by molar-refractivity contribution is 0.182. The van der Waals surface area contributed by atoms with Crippen LogP contribution in [0.25, 0.3) is 11.1 Å².